The molecule has 1 aliphatic rings. The van der Waals surface area contributed by atoms with Crippen LogP contribution in [-0.2, 0) is 11.3 Å². The Bertz CT molecular complexity index is 1220. The van der Waals surface area contributed by atoms with E-state index in [2.05, 4.69) is 13.0 Å². The van der Waals surface area contributed by atoms with E-state index in [1.165, 1.54) is 35.0 Å². The minimum Gasteiger partial charge on any atom is -0.478 e. The largest absolute Gasteiger partial charge is 0.478 e. The number of hydrogen-bond acceptors (Lipinski definition) is 5. The summed E-state index contributed by atoms with van der Waals surface area (Å²) in [6.45, 7) is 4.54. The average molecular weight is 450 g/mol. The Hall–Kier alpha value is -3.16. The first-order valence-corrected chi connectivity index (χ1v) is 10.8. The van der Waals surface area contributed by atoms with E-state index in [0.29, 0.717) is 27.3 Å². The first-order chi connectivity index (χ1) is 14.8. The van der Waals surface area contributed by atoms with E-state index < -0.39 is 5.97 Å². The summed E-state index contributed by atoms with van der Waals surface area (Å²) in [7, 11) is 0. The Morgan fingerprint density at radius 2 is 1.84 bits per heavy atom. The molecule has 3 aromatic rings. The molecule has 156 valence electrons. The van der Waals surface area contributed by atoms with Crippen molar-refractivity contribution < 1.29 is 19.1 Å². The number of carbonyl (C=O) groups is 2. The number of thiocarbonyl (C=S) groups is 1. The van der Waals surface area contributed by atoms with E-state index in [4.69, 9.17) is 21.7 Å². The Balaban J connectivity index is 1.51. The van der Waals surface area contributed by atoms with Crippen LogP contribution < -0.4 is 0 Å². The van der Waals surface area contributed by atoms with Crippen LogP contribution in [0.15, 0.2) is 63.9 Å². The van der Waals surface area contributed by atoms with Crippen molar-refractivity contribution in [3.05, 3.63) is 87.5 Å². The summed E-state index contributed by atoms with van der Waals surface area (Å²) in [5.41, 5.74) is 4.39. The second kappa shape index (κ2) is 8.53. The van der Waals surface area contributed by atoms with Gasteiger partial charge in [0, 0.05) is 11.6 Å². The van der Waals surface area contributed by atoms with Crippen LogP contribution in [-0.4, -0.2) is 26.2 Å². The molecule has 1 amide bonds. The number of carboxylic acids is 1. The summed E-state index contributed by atoms with van der Waals surface area (Å²) in [5, 5.41) is 9.02. The standard InChI is InChI=1S/C24H19NO4S2/c1-14-3-4-16(11-15(14)2)13-25-22(26)21(31-24(25)30)12-19-9-10-20(29-19)17-5-7-18(8-6-17)23(27)28/h3-12H,13H2,1-2H3,(H,27,28). The van der Waals surface area contributed by atoms with Gasteiger partial charge in [-0.1, -0.05) is 54.3 Å². The summed E-state index contributed by atoms with van der Waals surface area (Å²) in [4.78, 5) is 26.0. The third-order valence-electron chi connectivity index (χ3n) is 5.10. The molecular formula is C24H19NO4S2. The number of carboxylic acid groups (broad SMARTS) is 1. The second-order valence-electron chi connectivity index (χ2n) is 7.27. The Morgan fingerprint density at radius 3 is 2.52 bits per heavy atom. The van der Waals surface area contributed by atoms with Gasteiger partial charge in [0.1, 0.15) is 15.8 Å². The van der Waals surface area contributed by atoms with E-state index in [1.807, 2.05) is 19.1 Å². The van der Waals surface area contributed by atoms with Crippen LogP contribution in [0.1, 0.15) is 32.8 Å². The monoisotopic (exact) mass is 449 g/mol. The minimum absolute atomic E-state index is 0.142. The number of thioether (sulfide) groups is 1. The van der Waals surface area contributed by atoms with Crippen LogP contribution in [0.25, 0.3) is 17.4 Å². The molecule has 0 atom stereocenters. The second-order valence-corrected chi connectivity index (χ2v) is 8.95. The summed E-state index contributed by atoms with van der Waals surface area (Å²) in [6.07, 6.45) is 1.69. The lowest BCUT2D eigenvalue weighted by molar-refractivity contribution is -0.122. The number of carbonyl (C=O) groups excluding carboxylic acids is 1. The van der Waals surface area contributed by atoms with Crippen LogP contribution in [0.4, 0.5) is 0 Å². The molecular weight excluding hydrogens is 430 g/mol. The van der Waals surface area contributed by atoms with Gasteiger partial charge < -0.3 is 9.52 Å². The maximum atomic E-state index is 12.9. The highest BCUT2D eigenvalue weighted by atomic mass is 32.2. The molecule has 1 fully saturated rings. The van der Waals surface area contributed by atoms with E-state index in [-0.39, 0.29) is 11.5 Å². The highest BCUT2D eigenvalue weighted by Gasteiger charge is 2.32. The first kappa shape index (κ1) is 21.1. The van der Waals surface area contributed by atoms with Gasteiger partial charge in [-0.3, -0.25) is 9.69 Å². The van der Waals surface area contributed by atoms with Gasteiger partial charge in [0.15, 0.2) is 0 Å². The fourth-order valence-corrected chi connectivity index (χ4v) is 4.45. The van der Waals surface area contributed by atoms with Gasteiger partial charge in [-0.15, -0.1) is 0 Å². The Morgan fingerprint density at radius 1 is 1.10 bits per heavy atom. The lowest BCUT2D eigenvalue weighted by Gasteiger charge is -2.15. The van der Waals surface area contributed by atoms with Gasteiger partial charge in [-0.05, 0) is 54.8 Å². The normalized spacial score (nSPS) is 15.2. The van der Waals surface area contributed by atoms with Crippen molar-refractivity contribution in [3.63, 3.8) is 0 Å². The van der Waals surface area contributed by atoms with E-state index in [1.54, 1.807) is 35.2 Å². The van der Waals surface area contributed by atoms with Crippen LogP contribution in [0.2, 0.25) is 0 Å². The summed E-state index contributed by atoms with van der Waals surface area (Å²) < 4.78 is 6.37. The van der Waals surface area contributed by atoms with Crippen LogP contribution in [0.5, 0.6) is 0 Å². The molecule has 0 saturated carbocycles. The molecule has 0 aliphatic carbocycles. The molecule has 0 spiro atoms. The van der Waals surface area contributed by atoms with Gasteiger partial charge in [-0.25, -0.2) is 4.79 Å². The molecule has 1 aromatic heterocycles. The zero-order valence-electron chi connectivity index (χ0n) is 16.9. The van der Waals surface area contributed by atoms with Gasteiger partial charge in [-0.2, -0.15) is 0 Å². The molecule has 1 aliphatic heterocycles. The molecule has 0 radical (unpaired) electrons. The predicted molar refractivity (Wildman–Crippen MR) is 126 cm³/mol. The number of aryl methyl sites for hydroxylation is 2. The molecule has 2 heterocycles. The van der Waals surface area contributed by atoms with Crippen molar-refractivity contribution in [2.45, 2.75) is 20.4 Å². The Kier molecular flexibility index (Phi) is 5.80. The SMILES string of the molecule is Cc1ccc(CN2C(=O)C(=Cc3ccc(-c4ccc(C(=O)O)cc4)o3)SC2=S)cc1C. The van der Waals surface area contributed by atoms with Crippen molar-refractivity contribution >= 4 is 46.3 Å². The molecule has 7 heteroatoms. The molecule has 1 saturated heterocycles. The van der Waals surface area contributed by atoms with Gasteiger partial charge >= 0.3 is 5.97 Å². The number of benzene rings is 2. The smallest absolute Gasteiger partial charge is 0.335 e. The van der Waals surface area contributed by atoms with E-state index in [9.17, 15) is 9.59 Å². The maximum absolute atomic E-state index is 12.9. The van der Waals surface area contributed by atoms with E-state index in [0.717, 1.165) is 11.1 Å². The van der Waals surface area contributed by atoms with E-state index >= 15 is 0 Å². The fourth-order valence-electron chi connectivity index (χ4n) is 3.21. The maximum Gasteiger partial charge on any atom is 0.335 e. The Labute approximate surface area is 189 Å². The third-order valence-corrected chi connectivity index (χ3v) is 6.48. The van der Waals surface area contributed by atoms with Crippen molar-refractivity contribution in [3.8, 4) is 11.3 Å². The number of aromatic carboxylic acids is 1. The van der Waals surface area contributed by atoms with Crippen molar-refractivity contribution in [1.29, 1.82) is 0 Å². The van der Waals surface area contributed by atoms with Crippen LogP contribution in [0.3, 0.4) is 0 Å². The highest BCUT2D eigenvalue weighted by Crippen LogP contribution is 2.34. The summed E-state index contributed by atoms with van der Waals surface area (Å²) >= 11 is 6.69. The molecule has 4 rings (SSSR count). The third kappa shape index (κ3) is 4.47. The molecule has 1 N–H and O–H groups in total. The minimum atomic E-state index is -0.977. The molecule has 2 aromatic carbocycles. The van der Waals surface area contributed by atoms with Crippen molar-refractivity contribution in [2.75, 3.05) is 0 Å². The lowest BCUT2D eigenvalue weighted by Crippen LogP contribution is -2.27. The summed E-state index contributed by atoms with van der Waals surface area (Å²) in [5.74, 6) is 0.00397. The summed E-state index contributed by atoms with van der Waals surface area (Å²) in [6, 6.07) is 16.1. The highest BCUT2D eigenvalue weighted by molar-refractivity contribution is 8.26. The number of amides is 1. The molecule has 5 nitrogen and oxygen atoms in total. The quantitative estimate of drug-likeness (QED) is 0.400. The molecule has 0 bridgehead atoms. The van der Waals surface area contributed by atoms with Crippen molar-refractivity contribution in [2.24, 2.45) is 0 Å². The fraction of sp³-hybridized carbons (Fsp3) is 0.125. The number of rotatable bonds is 5. The number of nitrogens with zero attached hydrogens (tertiary/aromatic N) is 1. The van der Waals surface area contributed by atoms with Crippen molar-refractivity contribution in [1.82, 2.24) is 4.90 Å². The zero-order valence-corrected chi connectivity index (χ0v) is 18.5. The first-order valence-electron chi connectivity index (χ1n) is 9.57. The lowest BCUT2D eigenvalue weighted by atomic mass is 10.1. The molecule has 0 unspecified atom stereocenters. The average Bonchev–Trinajstić information content (AvgIpc) is 3.31. The van der Waals surface area contributed by atoms with Gasteiger partial charge in [0.2, 0.25) is 0 Å². The van der Waals surface area contributed by atoms with Gasteiger partial charge in [0.25, 0.3) is 5.91 Å². The number of furan rings is 1. The van der Waals surface area contributed by atoms with Gasteiger partial charge in [0.05, 0.1) is 17.0 Å². The zero-order chi connectivity index (χ0) is 22.1. The van der Waals surface area contributed by atoms with Crippen LogP contribution >= 0.6 is 24.0 Å². The molecule has 31 heavy (non-hydrogen) atoms. The predicted octanol–water partition coefficient (Wildman–Crippen LogP) is 5.66. The number of hydrogen-bond donors (Lipinski definition) is 1. The van der Waals surface area contributed by atoms with Crippen LogP contribution in [0, 0.1) is 13.8 Å². The topological polar surface area (TPSA) is 70.8 Å².